The van der Waals surface area contributed by atoms with Gasteiger partial charge in [-0.05, 0) is 25.8 Å². The Kier molecular flexibility index (Phi) is 4.38. The van der Waals surface area contributed by atoms with Gasteiger partial charge in [-0.3, -0.25) is 0 Å². The third-order valence-electron chi connectivity index (χ3n) is 0.988. The maximum atomic E-state index is 4.16. The van der Waals surface area contributed by atoms with Gasteiger partial charge >= 0.3 is 0 Å². The van der Waals surface area contributed by atoms with Crippen LogP contribution in [0.25, 0.3) is 0 Å². The molecule has 0 unspecified atom stereocenters. The van der Waals surface area contributed by atoms with E-state index < -0.39 is 0 Å². The van der Waals surface area contributed by atoms with Crippen LogP contribution in [0.2, 0.25) is 0 Å². The van der Waals surface area contributed by atoms with Gasteiger partial charge < -0.3 is 4.90 Å². The van der Waals surface area contributed by atoms with Crippen LogP contribution in [0.5, 0.6) is 0 Å². The van der Waals surface area contributed by atoms with Gasteiger partial charge in [0.25, 0.3) is 0 Å². The molecular weight excluding hydrogens is 118 g/mol. The molecule has 8 heavy (non-hydrogen) atoms. The maximum absolute atomic E-state index is 4.16. The highest BCUT2D eigenvalue weighted by Gasteiger charge is 1.98. The summed E-state index contributed by atoms with van der Waals surface area (Å²) in [6.45, 7) is 3.34. The van der Waals surface area contributed by atoms with Crippen molar-refractivity contribution < 1.29 is 0 Å². The summed E-state index contributed by atoms with van der Waals surface area (Å²) in [4.78, 5) is 2.18. The van der Waals surface area contributed by atoms with Crippen molar-refractivity contribution in [2.24, 2.45) is 5.92 Å². The first-order valence-electron chi connectivity index (χ1n) is 2.92. The summed E-state index contributed by atoms with van der Waals surface area (Å²) in [5, 5.41) is 0. The van der Waals surface area contributed by atoms with E-state index >= 15 is 0 Å². The molecule has 1 nitrogen and oxygen atoms in total. The van der Waals surface area contributed by atoms with Crippen LogP contribution in [0.4, 0.5) is 0 Å². The number of hydrogen-bond donors (Lipinski definition) is 1. The van der Waals surface area contributed by atoms with E-state index in [-0.39, 0.29) is 0 Å². The molecular formula is C6H15NS. The summed E-state index contributed by atoms with van der Waals surface area (Å²) in [5.41, 5.74) is 0. The zero-order chi connectivity index (χ0) is 6.57. The van der Waals surface area contributed by atoms with Crippen LogP contribution in [0, 0.1) is 5.92 Å². The Hall–Kier alpha value is 0.310. The van der Waals surface area contributed by atoms with E-state index in [9.17, 15) is 0 Å². The monoisotopic (exact) mass is 133 g/mol. The van der Waals surface area contributed by atoms with Gasteiger partial charge in [0.05, 0.1) is 0 Å². The molecule has 0 saturated carbocycles. The highest BCUT2D eigenvalue weighted by molar-refractivity contribution is 7.80. The summed E-state index contributed by atoms with van der Waals surface area (Å²) >= 11 is 4.16. The molecule has 0 spiro atoms. The normalized spacial score (nSPS) is 14.6. The first kappa shape index (κ1) is 8.31. The van der Waals surface area contributed by atoms with Crippen molar-refractivity contribution >= 4 is 12.6 Å². The molecule has 0 N–H and O–H groups in total. The third-order valence-corrected chi connectivity index (χ3v) is 1.61. The molecule has 0 aromatic rings. The second-order valence-electron chi connectivity index (χ2n) is 2.55. The van der Waals surface area contributed by atoms with E-state index in [0.29, 0.717) is 5.92 Å². The lowest BCUT2D eigenvalue weighted by atomic mass is 10.2. The molecule has 0 aliphatic rings. The first-order chi connectivity index (χ1) is 3.66. The molecule has 0 aliphatic heterocycles. The van der Waals surface area contributed by atoms with Crippen molar-refractivity contribution in [3.8, 4) is 0 Å². The Morgan fingerprint density at radius 1 is 1.50 bits per heavy atom. The fraction of sp³-hybridized carbons (Fsp3) is 1.00. The van der Waals surface area contributed by atoms with Gasteiger partial charge in [0.2, 0.25) is 0 Å². The van der Waals surface area contributed by atoms with E-state index in [2.05, 4.69) is 38.5 Å². The van der Waals surface area contributed by atoms with Gasteiger partial charge in [0.15, 0.2) is 0 Å². The maximum Gasteiger partial charge on any atom is 0.000871 e. The van der Waals surface area contributed by atoms with Crippen molar-refractivity contribution in [3.05, 3.63) is 0 Å². The zero-order valence-corrected chi connectivity index (χ0v) is 6.78. The minimum atomic E-state index is 0.716. The van der Waals surface area contributed by atoms with Crippen molar-refractivity contribution in [2.75, 3.05) is 26.4 Å². The molecule has 0 heterocycles. The van der Waals surface area contributed by atoms with Gasteiger partial charge in [-0.2, -0.15) is 12.6 Å². The van der Waals surface area contributed by atoms with Crippen molar-refractivity contribution in [1.82, 2.24) is 4.90 Å². The van der Waals surface area contributed by atoms with E-state index in [0.717, 1.165) is 12.3 Å². The van der Waals surface area contributed by atoms with Crippen molar-refractivity contribution in [3.63, 3.8) is 0 Å². The quantitative estimate of drug-likeness (QED) is 0.565. The lowest BCUT2D eigenvalue weighted by molar-refractivity contribution is 0.357. The summed E-state index contributed by atoms with van der Waals surface area (Å²) in [6.07, 6.45) is 0. The molecule has 50 valence electrons. The second-order valence-corrected chi connectivity index (χ2v) is 2.92. The topological polar surface area (TPSA) is 3.24 Å². The van der Waals surface area contributed by atoms with E-state index in [1.165, 1.54) is 0 Å². The van der Waals surface area contributed by atoms with Gasteiger partial charge in [-0.1, -0.05) is 6.92 Å². The standard InChI is InChI=1S/C6H15NS/c1-6(5-8)4-7(2)3/h6,8H,4-5H2,1-3H3/t6-/m1/s1. The third kappa shape index (κ3) is 4.47. The van der Waals surface area contributed by atoms with E-state index in [1.807, 2.05) is 0 Å². The largest absolute Gasteiger partial charge is 0.309 e. The van der Waals surface area contributed by atoms with Crippen molar-refractivity contribution in [1.29, 1.82) is 0 Å². The minimum Gasteiger partial charge on any atom is -0.309 e. The highest BCUT2D eigenvalue weighted by atomic mass is 32.1. The molecule has 1 atom stereocenters. The zero-order valence-electron chi connectivity index (χ0n) is 5.89. The number of thiol groups is 1. The van der Waals surface area contributed by atoms with Gasteiger partial charge in [-0.25, -0.2) is 0 Å². The Morgan fingerprint density at radius 3 is 2.12 bits per heavy atom. The number of nitrogens with zero attached hydrogens (tertiary/aromatic N) is 1. The summed E-state index contributed by atoms with van der Waals surface area (Å²) in [5.74, 6) is 1.70. The summed E-state index contributed by atoms with van der Waals surface area (Å²) in [6, 6.07) is 0. The predicted molar refractivity (Wildman–Crippen MR) is 41.6 cm³/mol. The van der Waals surface area contributed by atoms with Crippen LogP contribution >= 0.6 is 12.6 Å². The number of rotatable bonds is 3. The van der Waals surface area contributed by atoms with Crippen LogP contribution in [0.15, 0.2) is 0 Å². The molecule has 0 aromatic carbocycles. The second kappa shape index (κ2) is 4.21. The van der Waals surface area contributed by atoms with Crippen LogP contribution < -0.4 is 0 Å². The Bertz CT molecular complexity index is 54.5. The van der Waals surface area contributed by atoms with Crippen LogP contribution in [-0.2, 0) is 0 Å². The lowest BCUT2D eigenvalue weighted by Crippen LogP contribution is -2.20. The van der Waals surface area contributed by atoms with E-state index in [4.69, 9.17) is 0 Å². The van der Waals surface area contributed by atoms with Gasteiger partial charge in [0, 0.05) is 6.54 Å². The van der Waals surface area contributed by atoms with Crippen LogP contribution in [0.3, 0.4) is 0 Å². The minimum absolute atomic E-state index is 0.716. The average molecular weight is 133 g/mol. The summed E-state index contributed by atoms with van der Waals surface area (Å²) in [7, 11) is 4.17. The molecule has 0 bridgehead atoms. The van der Waals surface area contributed by atoms with Gasteiger partial charge in [0.1, 0.15) is 0 Å². The Morgan fingerprint density at radius 2 is 2.00 bits per heavy atom. The molecule has 0 aromatic heterocycles. The molecule has 0 radical (unpaired) electrons. The van der Waals surface area contributed by atoms with Gasteiger partial charge in [-0.15, -0.1) is 0 Å². The lowest BCUT2D eigenvalue weighted by Gasteiger charge is -2.13. The molecule has 0 aliphatic carbocycles. The molecule has 0 saturated heterocycles. The van der Waals surface area contributed by atoms with Crippen LogP contribution in [0.1, 0.15) is 6.92 Å². The Labute approximate surface area is 57.5 Å². The molecule has 0 rings (SSSR count). The SMILES string of the molecule is C[C@@H](CS)CN(C)C. The van der Waals surface area contributed by atoms with Crippen LogP contribution in [-0.4, -0.2) is 31.3 Å². The summed E-state index contributed by atoms with van der Waals surface area (Å²) < 4.78 is 0. The molecule has 0 amide bonds. The smallest absolute Gasteiger partial charge is 0.000871 e. The highest BCUT2D eigenvalue weighted by Crippen LogP contribution is 1.97. The molecule has 0 fully saturated rings. The Balaban J connectivity index is 3.10. The fourth-order valence-electron chi connectivity index (χ4n) is 0.681. The fourth-order valence-corrected chi connectivity index (χ4v) is 0.797. The van der Waals surface area contributed by atoms with Crippen molar-refractivity contribution in [2.45, 2.75) is 6.92 Å². The first-order valence-corrected chi connectivity index (χ1v) is 3.55. The average Bonchev–Trinajstić information content (AvgIpc) is 1.65. The van der Waals surface area contributed by atoms with E-state index in [1.54, 1.807) is 0 Å². The number of hydrogen-bond acceptors (Lipinski definition) is 2. The molecule has 2 heteroatoms. The predicted octanol–water partition coefficient (Wildman–Crippen LogP) is 1.11.